The Morgan fingerprint density at radius 3 is 2.53 bits per heavy atom. The number of halogens is 3. The second-order valence-corrected chi connectivity index (χ2v) is 8.77. The fourth-order valence-corrected chi connectivity index (χ4v) is 4.75. The number of hydrogen-bond donors (Lipinski definition) is 0. The zero-order valence-electron chi connectivity index (χ0n) is 17.2. The topological polar surface area (TPSA) is 38.8 Å². The van der Waals surface area contributed by atoms with E-state index in [2.05, 4.69) is 4.90 Å². The molecule has 32 heavy (non-hydrogen) atoms. The molecule has 1 saturated heterocycles. The molecule has 0 bridgehead atoms. The van der Waals surface area contributed by atoms with Crippen LogP contribution in [0.5, 0.6) is 5.75 Å². The van der Waals surface area contributed by atoms with E-state index in [0.29, 0.717) is 40.5 Å². The Hall–Kier alpha value is -2.84. The summed E-state index contributed by atoms with van der Waals surface area (Å²) in [5, 5.41) is 0. The van der Waals surface area contributed by atoms with Gasteiger partial charge in [-0.15, -0.1) is 11.3 Å². The van der Waals surface area contributed by atoms with Crippen LogP contribution in [0.1, 0.15) is 21.7 Å². The van der Waals surface area contributed by atoms with Crippen LogP contribution >= 0.6 is 11.3 Å². The Labute approximate surface area is 188 Å². The maximum Gasteiger partial charge on any atom is 0.426 e. The van der Waals surface area contributed by atoms with Crippen LogP contribution in [0.25, 0.3) is 11.1 Å². The number of rotatable bonds is 8. The molecule has 0 saturated carbocycles. The first-order chi connectivity index (χ1) is 15.4. The summed E-state index contributed by atoms with van der Waals surface area (Å²) < 4.78 is 51.4. The lowest BCUT2D eigenvalue weighted by atomic mass is 10.1. The first kappa shape index (κ1) is 22.4. The minimum Gasteiger partial charge on any atom is -0.488 e. The largest absolute Gasteiger partial charge is 0.488 e. The van der Waals surface area contributed by atoms with Crippen LogP contribution in [0, 0.1) is 0 Å². The van der Waals surface area contributed by atoms with Gasteiger partial charge < -0.3 is 9.47 Å². The monoisotopic (exact) mass is 461 g/mol. The van der Waals surface area contributed by atoms with E-state index in [4.69, 9.17) is 9.47 Å². The molecule has 4 rings (SSSR count). The van der Waals surface area contributed by atoms with E-state index < -0.39 is 11.1 Å². The Bertz CT molecular complexity index is 1030. The highest BCUT2D eigenvalue weighted by Crippen LogP contribution is 2.43. The van der Waals surface area contributed by atoms with Gasteiger partial charge in [-0.3, -0.25) is 9.69 Å². The van der Waals surface area contributed by atoms with E-state index in [0.717, 1.165) is 25.1 Å². The van der Waals surface area contributed by atoms with Crippen LogP contribution in [0.15, 0.2) is 60.7 Å². The number of carbonyl (C=O) groups is 1. The van der Waals surface area contributed by atoms with Gasteiger partial charge in [-0.1, -0.05) is 42.5 Å². The minimum absolute atomic E-state index is 0.0525. The number of alkyl halides is 3. The van der Waals surface area contributed by atoms with Crippen molar-refractivity contribution in [3.8, 4) is 16.9 Å². The van der Waals surface area contributed by atoms with Gasteiger partial charge in [-0.05, 0) is 35.7 Å². The number of hydrogen-bond acceptors (Lipinski definition) is 5. The third-order valence-electron chi connectivity index (χ3n) is 5.31. The molecule has 0 amide bonds. The molecule has 2 aromatic carbocycles. The second kappa shape index (κ2) is 9.75. The number of likely N-dealkylation sites (tertiary alicyclic amines) is 1. The molecule has 4 nitrogen and oxygen atoms in total. The van der Waals surface area contributed by atoms with E-state index in [1.54, 1.807) is 36.4 Å². The molecule has 3 aromatic rings. The van der Waals surface area contributed by atoms with E-state index in [9.17, 15) is 18.0 Å². The number of thiophene rings is 1. The number of nitrogens with zero attached hydrogens (tertiary/aromatic N) is 1. The summed E-state index contributed by atoms with van der Waals surface area (Å²) in [6.07, 6.45) is -3.64. The number of ether oxygens (including phenoxy) is 2. The average molecular weight is 462 g/mol. The molecule has 0 radical (unpaired) electrons. The van der Waals surface area contributed by atoms with Gasteiger partial charge in [0.15, 0.2) is 0 Å². The third kappa shape index (κ3) is 5.49. The van der Waals surface area contributed by atoms with Crippen molar-refractivity contribution in [3.63, 3.8) is 0 Å². The van der Waals surface area contributed by atoms with Gasteiger partial charge in [-0.2, -0.15) is 13.2 Å². The van der Waals surface area contributed by atoms with E-state index in [-0.39, 0.29) is 18.3 Å². The highest BCUT2D eigenvalue weighted by atomic mass is 32.1. The molecular formula is C24H22F3NO3S. The van der Waals surface area contributed by atoms with E-state index >= 15 is 0 Å². The molecule has 1 fully saturated rings. The lowest BCUT2D eigenvalue weighted by molar-refractivity contribution is -0.134. The minimum atomic E-state index is -4.42. The van der Waals surface area contributed by atoms with Crippen molar-refractivity contribution in [2.24, 2.45) is 0 Å². The maximum absolute atomic E-state index is 13.5. The fraction of sp³-hybridized carbons (Fsp3) is 0.292. The van der Waals surface area contributed by atoms with E-state index in [1.807, 2.05) is 24.3 Å². The zero-order valence-corrected chi connectivity index (χ0v) is 18.0. The highest BCUT2D eigenvalue weighted by Gasteiger charge is 2.36. The summed E-state index contributed by atoms with van der Waals surface area (Å²) in [5.41, 5.74) is 1.81. The summed E-state index contributed by atoms with van der Waals surface area (Å²) in [7, 11) is 0. The normalized spacial score (nSPS) is 16.8. The summed E-state index contributed by atoms with van der Waals surface area (Å²) in [5.74, 6) is 0.598. The Balaban J connectivity index is 1.38. The van der Waals surface area contributed by atoms with Crippen molar-refractivity contribution in [2.75, 3.05) is 13.1 Å². The molecule has 1 aromatic heterocycles. The standard InChI is InChI=1S/C24H22F3NO3S/c25-24(26,27)23-22(18-4-2-1-3-5-18)12-21(32-23)15-30-19-8-6-17(7-9-19)13-28-11-10-20(14-28)31-16-29/h1-9,12,16,20H,10-11,13-15H2. The second-order valence-electron chi connectivity index (χ2n) is 7.63. The Morgan fingerprint density at radius 2 is 1.84 bits per heavy atom. The van der Waals surface area contributed by atoms with Gasteiger partial charge >= 0.3 is 6.18 Å². The van der Waals surface area contributed by atoms with Crippen LogP contribution < -0.4 is 4.74 Å². The third-order valence-corrected chi connectivity index (χ3v) is 6.47. The lowest BCUT2D eigenvalue weighted by Crippen LogP contribution is -2.22. The molecule has 0 spiro atoms. The molecule has 1 aliphatic heterocycles. The van der Waals surface area contributed by atoms with Crippen molar-refractivity contribution in [2.45, 2.75) is 31.9 Å². The molecular weight excluding hydrogens is 439 g/mol. The SMILES string of the molecule is O=COC1CCN(Cc2ccc(OCc3cc(-c4ccccc4)c(C(F)(F)F)s3)cc2)C1. The van der Waals surface area contributed by atoms with Gasteiger partial charge in [0.1, 0.15) is 23.3 Å². The van der Waals surface area contributed by atoms with E-state index in [1.165, 1.54) is 0 Å². The summed E-state index contributed by atoms with van der Waals surface area (Å²) in [6.45, 7) is 2.87. The maximum atomic E-state index is 13.5. The van der Waals surface area contributed by atoms with Crippen LogP contribution in [0.3, 0.4) is 0 Å². The zero-order chi connectivity index (χ0) is 22.6. The van der Waals surface area contributed by atoms with Crippen molar-refractivity contribution in [1.29, 1.82) is 0 Å². The number of carbonyl (C=O) groups excluding carboxylic acids is 1. The van der Waals surface area contributed by atoms with Gasteiger partial charge in [0.25, 0.3) is 6.47 Å². The molecule has 2 heterocycles. The molecule has 168 valence electrons. The van der Waals surface area contributed by atoms with Crippen molar-refractivity contribution >= 4 is 17.8 Å². The fourth-order valence-electron chi connectivity index (χ4n) is 3.79. The Morgan fingerprint density at radius 1 is 1.09 bits per heavy atom. The summed E-state index contributed by atoms with van der Waals surface area (Å²) in [6, 6.07) is 17.7. The van der Waals surface area contributed by atoms with Crippen molar-refractivity contribution in [1.82, 2.24) is 4.90 Å². The summed E-state index contributed by atoms with van der Waals surface area (Å²) >= 11 is 0.716. The predicted octanol–water partition coefficient (Wildman–Crippen LogP) is 5.76. The molecule has 1 unspecified atom stereocenters. The molecule has 1 aliphatic rings. The van der Waals surface area contributed by atoms with Crippen LogP contribution in [0.4, 0.5) is 13.2 Å². The lowest BCUT2D eigenvalue weighted by Gasteiger charge is -2.15. The highest BCUT2D eigenvalue weighted by molar-refractivity contribution is 7.12. The van der Waals surface area contributed by atoms with Crippen LogP contribution in [-0.4, -0.2) is 30.6 Å². The Kier molecular flexibility index (Phi) is 6.81. The predicted molar refractivity (Wildman–Crippen MR) is 116 cm³/mol. The molecule has 0 aliphatic carbocycles. The van der Waals surface area contributed by atoms with Gasteiger partial charge in [0.05, 0.1) is 0 Å². The van der Waals surface area contributed by atoms with Crippen molar-refractivity contribution < 1.29 is 27.4 Å². The van der Waals surface area contributed by atoms with Crippen LogP contribution in [0.2, 0.25) is 0 Å². The van der Waals surface area contributed by atoms with Crippen molar-refractivity contribution in [3.05, 3.63) is 76.0 Å². The number of benzene rings is 2. The molecule has 1 atom stereocenters. The van der Waals surface area contributed by atoms with Gasteiger partial charge in [0.2, 0.25) is 0 Å². The van der Waals surface area contributed by atoms with Gasteiger partial charge in [-0.25, -0.2) is 0 Å². The average Bonchev–Trinajstić information content (AvgIpc) is 3.41. The quantitative estimate of drug-likeness (QED) is 0.400. The smallest absolute Gasteiger partial charge is 0.426 e. The molecule has 0 N–H and O–H groups in total. The van der Waals surface area contributed by atoms with Crippen LogP contribution in [-0.2, 0) is 28.9 Å². The molecule has 8 heteroatoms. The first-order valence-electron chi connectivity index (χ1n) is 10.2. The van der Waals surface area contributed by atoms with Gasteiger partial charge in [0, 0.05) is 30.1 Å². The summed E-state index contributed by atoms with van der Waals surface area (Å²) in [4.78, 5) is 12.6. The first-order valence-corrected chi connectivity index (χ1v) is 11.0.